The summed E-state index contributed by atoms with van der Waals surface area (Å²) in [6.07, 6.45) is 4.68. The van der Waals surface area contributed by atoms with E-state index in [4.69, 9.17) is 5.73 Å². The Kier molecular flexibility index (Phi) is 8.67. The Morgan fingerprint density at radius 2 is 2.11 bits per heavy atom. The van der Waals surface area contributed by atoms with Crippen LogP contribution in [0, 0.1) is 6.92 Å². The highest BCUT2D eigenvalue weighted by Gasteiger charge is 2.04. The van der Waals surface area contributed by atoms with E-state index in [1.807, 2.05) is 30.8 Å². The molecule has 0 aliphatic heterocycles. The molecule has 1 aromatic rings. The minimum Gasteiger partial charge on any atom is -0.399 e. The minimum atomic E-state index is 0. The number of nitrogens with two attached hydrogens (primary N) is 1. The standard InChI is InChI=1S/C13H20N2OS.ClH/c1-10-6-7-11(14)9-12(10)15-13(16)5-3-4-8-17-2;/h6-7,9H,3-5,8,14H2,1-2H3,(H,15,16);1H. The van der Waals surface area contributed by atoms with Crippen LogP contribution in [0.3, 0.4) is 0 Å². The molecule has 0 saturated carbocycles. The summed E-state index contributed by atoms with van der Waals surface area (Å²) in [5, 5.41) is 2.90. The van der Waals surface area contributed by atoms with Crippen molar-refractivity contribution in [2.75, 3.05) is 23.1 Å². The second kappa shape index (κ2) is 9.11. The highest BCUT2D eigenvalue weighted by molar-refractivity contribution is 7.98. The van der Waals surface area contributed by atoms with E-state index in [0.717, 1.165) is 29.8 Å². The topological polar surface area (TPSA) is 55.1 Å². The summed E-state index contributed by atoms with van der Waals surface area (Å²) < 4.78 is 0. The molecule has 0 heterocycles. The second-order valence-corrected chi connectivity index (χ2v) is 5.06. The van der Waals surface area contributed by atoms with Gasteiger partial charge in [-0.2, -0.15) is 11.8 Å². The fraction of sp³-hybridized carbons (Fsp3) is 0.462. The highest BCUT2D eigenvalue weighted by atomic mass is 35.5. The van der Waals surface area contributed by atoms with Crippen molar-refractivity contribution in [3.63, 3.8) is 0 Å². The van der Waals surface area contributed by atoms with Gasteiger partial charge in [-0.25, -0.2) is 0 Å². The van der Waals surface area contributed by atoms with Crippen LogP contribution < -0.4 is 11.1 Å². The number of rotatable bonds is 6. The summed E-state index contributed by atoms with van der Waals surface area (Å²) in [5.41, 5.74) is 8.22. The molecule has 18 heavy (non-hydrogen) atoms. The normalized spacial score (nSPS) is 9.67. The number of hydrogen-bond donors (Lipinski definition) is 2. The first-order valence-electron chi connectivity index (χ1n) is 5.78. The number of amides is 1. The summed E-state index contributed by atoms with van der Waals surface area (Å²) in [5.74, 6) is 1.18. The van der Waals surface area contributed by atoms with Crippen molar-refractivity contribution in [1.29, 1.82) is 0 Å². The maximum absolute atomic E-state index is 11.7. The molecule has 0 unspecified atom stereocenters. The van der Waals surface area contributed by atoms with E-state index in [2.05, 4.69) is 11.6 Å². The van der Waals surface area contributed by atoms with Gasteiger partial charge in [0, 0.05) is 17.8 Å². The third-order valence-corrected chi connectivity index (χ3v) is 3.23. The Balaban J connectivity index is 0.00000289. The van der Waals surface area contributed by atoms with Gasteiger partial charge in [0.2, 0.25) is 5.91 Å². The Bertz CT molecular complexity index is 385. The molecule has 1 rings (SSSR count). The van der Waals surface area contributed by atoms with Crippen LogP contribution in [0.25, 0.3) is 0 Å². The largest absolute Gasteiger partial charge is 0.399 e. The lowest BCUT2D eigenvalue weighted by molar-refractivity contribution is -0.116. The molecule has 0 bridgehead atoms. The van der Waals surface area contributed by atoms with Gasteiger partial charge >= 0.3 is 0 Å². The number of unbranched alkanes of at least 4 members (excludes halogenated alkanes) is 1. The predicted octanol–water partition coefficient (Wildman–Crippen LogP) is 3.47. The lowest BCUT2D eigenvalue weighted by Gasteiger charge is -2.09. The zero-order valence-electron chi connectivity index (χ0n) is 10.9. The average Bonchev–Trinajstić information content (AvgIpc) is 2.29. The highest BCUT2D eigenvalue weighted by Crippen LogP contribution is 2.18. The molecule has 0 aliphatic carbocycles. The van der Waals surface area contributed by atoms with Crippen molar-refractivity contribution in [1.82, 2.24) is 0 Å². The quantitative estimate of drug-likeness (QED) is 0.622. The molecule has 0 atom stereocenters. The van der Waals surface area contributed by atoms with Crippen LogP contribution in [0.2, 0.25) is 0 Å². The van der Waals surface area contributed by atoms with Crippen LogP contribution in [-0.4, -0.2) is 17.9 Å². The summed E-state index contributed by atoms with van der Waals surface area (Å²) in [6.45, 7) is 1.96. The molecule has 0 radical (unpaired) electrons. The molecule has 0 aliphatic rings. The number of hydrogen-bond acceptors (Lipinski definition) is 3. The van der Waals surface area contributed by atoms with Gasteiger partial charge in [-0.15, -0.1) is 12.4 Å². The Morgan fingerprint density at radius 3 is 2.78 bits per heavy atom. The number of nitrogens with one attached hydrogen (secondary N) is 1. The van der Waals surface area contributed by atoms with Crippen LogP contribution >= 0.6 is 24.2 Å². The van der Waals surface area contributed by atoms with Crippen molar-refractivity contribution in [3.8, 4) is 0 Å². The van der Waals surface area contributed by atoms with Gasteiger partial charge in [0.05, 0.1) is 0 Å². The van der Waals surface area contributed by atoms with Crippen molar-refractivity contribution >= 4 is 41.5 Å². The minimum absolute atomic E-state index is 0. The molecule has 0 saturated heterocycles. The van der Waals surface area contributed by atoms with Crippen LogP contribution in [0.15, 0.2) is 18.2 Å². The van der Waals surface area contributed by atoms with Gasteiger partial charge in [0.25, 0.3) is 0 Å². The van der Waals surface area contributed by atoms with Crippen molar-refractivity contribution in [2.45, 2.75) is 26.2 Å². The van der Waals surface area contributed by atoms with Gasteiger partial charge in [0.1, 0.15) is 0 Å². The third-order valence-electron chi connectivity index (χ3n) is 2.54. The molecule has 102 valence electrons. The summed E-state index contributed by atoms with van der Waals surface area (Å²) in [7, 11) is 0. The van der Waals surface area contributed by atoms with Gasteiger partial charge in [-0.05, 0) is 49.5 Å². The maximum atomic E-state index is 11.7. The summed E-state index contributed by atoms with van der Waals surface area (Å²) >= 11 is 1.81. The van der Waals surface area contributed by atoms with Crippen LogP contribution in [0.1, 0.15) is 24.8 Å². The van der Waals surface area contributed by atoms with E-state index < -0.39 is 0 Å². The molecule has 0 fully saturated rings. The lowest BCUT2D eigenvalue weighted by atomic mass is 10.1. The van der Waals surface area contributed by atoms with E-state index >= 15 is 0 Å². The first kappa shape index (κ1) is 17.1. The van der Waals surface area contributed by atoms with E-state index in [-0.39, 0.29) is 18.3 Å². The zero-order chi connectivity index (χ0) is 12.7. The number of thioether (sulfide) groups is 1. The number of aryl methyl sites for hydroxylation is 1. The van der Waals surface area contributed by atoms with Gasteiger partial charge in [0.15, 0.2) is 0 Å². The van der Waals surface area contributed by atoms with E-state index in [0.29, 0.717) is 12.1 Å². The molecule has 0 spiro atoms. The van der Waals surface area contributed by atoms with Crippen LogP contribution in [-0.2, 0) is 4.79 Å². The van der Waals surface area contributed by atoms with Gasteiger partial charge in [-0.1, -0.05) is 6.07 Å². The average molecular weight is 289 g/mol. The SMILES string of the molecule is CSCCCCC(=O)Nc1cc(N)ccc1C.Cl. The summed E-state index contributed by atoms with van der Waals surface area (Å²) in [6, 6.07) is 5.55. The summed E-state index contributed by atoms with van der Waals surface area (Å²) in [4.78, 5) is 11.7. The molecule has 5 heteroatoms. The third kappa shape index (κ3) is 6.17. The van der Waals surface area contributed by atoms with E-state index in [1.165, 1.54) is 0 Å². The molecular formula is C13H21ClN2OS. The maximum Gasteiger partial charge on any atom is 0.224 e. The fourth-order valence-electron chi connectivity index (χ4n) is 1.52. The van der Waals surface area contributed by atoms with Gasteiger partial charge in [-0.3, -0.25) is 4.79 Å². The number of nitrogen functional groups attached to an aromatic ring is 1. The van der Waals surface area contributed by atoms with Crippen LogP contribution in [0.4, 0.5) is 11.4 Å². The predicted molar refractivity (Wildman–Crippen MR) is 83.7 cm³/mol. The number of halogens is 1. The van der Waals surface area contributed by atoms with E-state index in [1.54, 1.807) is 6.07 Å². The van der Waals surface area contributed by atoms with Crippen LogP contribution in [0.5, 0.6) is 0 Å². The molecule has 3 N–H and O–H groups in total. The second-order valence-electron chi connectivity index (χ2n) is 4.07. The van der Waals surface area contributed by atoms with Gasteiger partial charge < -0.3 is 11.1 Å². The number of anilines is 2. The monoisotopic (exact) mass is 288 g/mol. The molecule has 1 aromatic carbocycles. The molecule has 3 nitrogen and oxygen atoms in total. The first-order valence-corrected chi connectivity index (χ1v) is 7.18. The smallest absolute Gasteiger partial charge is 0.224 e. The Labute approximate surface area is 119 Å². The number of benzene rings is 1. The number of carbonyl (C=O) groups excluding carboxylic acids is 1. The van der Waals surface area contributed by atoms with Crippen molar-refractivity contribution in [3.05, 3.63) is 23.8 Å². The first-order chi connectivity index (χ1) is 8.13. The zero-order valence-corrected chi connectivity index (χ0v) is 12.5. The molecule has 1 amide bonds. The fourth-order valence-corrected chi connectivity index (χ4v) is 2.01. The van der Waals surface area contributed by atoms with Crippen molar-refractivity contribution in [2.24, 2.45) is 0 Å². The molecular weight excluding hydrogens is 268 g/mol. The molecule has 0 aromatic heterocycles. The Morgan fingerprint density at radius 1 is 1.39 bits per heavy atom. The lowest BCUT2D eigenvalue weighted by Crippen LogP contribution is -2.12. The number of carbonyl (C=O) groups is 1. The van der Waals surface area contributed by atoms with E-state index in [9.17, 15) is 4.79 Å². The Hall–Kier alpha value is -0.870. The van der Waals surface area contributed by atoms with Crippen molar-refractivity contribution < 1.29 is 4.79 Å².